The molecule has 5 heteroatoms. The molecule has 0 saturated carbocycles. The summed E-state index contributed by atoms with van der Waals surface area (Å²) in [5.41, 5.74) is 3.52. The third-order valence-electron chi connectivity index (χ3n) is 3.68. The third-order valence-corrected chi connectivity index (χ3v) is 3.68. The van der Waals surface area contributed by atoms with Crippen LogP contribution in [0.4, 0.5) is 13.2 Å². The molecule has 0 aliphatic carbocycles. The van der Waals surface area contributed by atoms with Crippen molar-refractivity contribution in [3.8, 4) is 5.69 Å². The van der Waals surface area contributed by atoms with Crippen LogP contribution in [0.2, 0.25) is 0 Å². The Morgan fingerprint density at radius 1 is 1.00 bits per heavy atom. The number of ketones is 1. The molecule has 1 heterocycles. The summed E-state index contributed by atoms with van der Waals surface area (Å²) in [6.07, 6.45) is -4.85. The predicted octanol–water partition coefficient (Wildman–Crippen LogP) is 4.46. The lowest BCUT2D eigenvalue weighted by Crippen LogP contribution is -2.23. The normalized spacial score (nSPS) is 11.8. The Hall–Kier alpha value is -2.04. The molecule has 0 radical (unpaired) electrons. The zero-order valence-electron chi connectivity index (χ0n) is 12.3. The SMILES string of the molecule is Cc1ccc(-n2c(C)cc(C(=O)C(F)(F)F)c2C)cc1C. The van der Waals surface area contributed by atoms with E-state index in [0.717, 1.165) is 16.8 Å². The fraction of sp³-hybridized carbons (Fsp3) is 0.312. The van der Waals surface area contributed by atoms with Gasteiger partial charge in [0.1, 0.15) is 0 Å². The largest absolute Gasteiger partial charge is 0.454 e. The van der Waals surface area contributed by atoms with Gasteiger partial charge in [0.05, 0.1) is 0 Å². The molecule has 112 valence electrons. The molecule has 1 aromatic heterocycles. The van der Waals surface area contributed by atoms with E-state index in [1.54, 1.807) is 11.5 Å². The van der Waals surface area contributed by atoms with Crippen LogP contribution in [0.5, 0.6) is 0 Å². The van der Waals surface area contributed by atoms with Crippen molar-refractivity contribution in [2.45, 2.75) is 33.9 Å². The topological polar surface area (TPSA) is 22.0 Å². The third kappa shape index (κ3) is 2.73. The molecule has 0 unspecified atom stereocenters. The number of nitrogens with zero attached hydrogens (tertiary/aromatic N) is 1. The molecule has 0 saturated heterocycles. The first-order valence-corrected chi connectivity index (χ1v) is 6.51. The fourth-order valence-corrected chi connectivity index (χ4v) is 2.41. The highest BCUT2D eigenvalue weighted by molar-refractivity contribution is 6.01. The van der Waals surface area contributed by atoms with Crippen molar-refractivity contribution >= 4 is 5.78 Å². The number of halogens is 3. The van der Waals surface area contributed by atoms with Crippen LogP contribution in [0, 0.1) is 27.7 Å². The number of carbonyl (C=O) groups excluding carboxylic acids is 1. The lowest BCUT2D eigenvalue weighted by Gasteiger charge is -2.12. The molecule has 2 rings (SSSR count). The summed E-state index contributed by atoms with van der Waals surface area (Å²) in [5.74, 6) is -1.80. The van der Waals surface area contributed by atoms with Crippen LogP contribution < -0.4 is 0 Å². The lowest BCUT2D eigenvalue weighted by molar-refractivity contribution is -0.0885. The van der Waals surface area contributed by atoms with Gasteiger partial charge in [0.2, 0.25) is 0 Å². The molecule has 0 fully saturated rings. The van der Waals surface area contributed by atoms with Gasteiger partial charge >= 0.3 is 6.18 Å². The van der Waals surface area contributed by atoms with Gasteiger partial charge in [0.25, 0.3) is 5.78 Å². The maximum Gasteiger partial charge on any atom is 0.454 e. The molecule has 0 bridgehead atoms. The minimum Gasteiger partial charge on any atom is -0.318 e. The van der Waals surface area contributed by atoms with Crippen molar-refractivity contribution in [1.29, 1.82) is 0 Å². The number of aromatic nitrogens is 1. The maximum absolute atomic E-state index is 12.6. The number of Topliss-reactive ketones (excluding diaryl/α,β-unsaturated/α-hetero) is 1. The van der Waals surface area contributed by atoms with Crippen molar-refractivity contribution in [3.63, 3.8) is 0 Å². The van der Waals surface area contributed by atoms with Gasteiger partial charge in [-0.15, -0.1) is 0 Å². The number of carbonyl (C=O) groups is 1. The van der Waals surface area contributed by atoms with Gasteiger partial charge in [0, 0.05) is 22.6 Å². The minimum atomic E-state index is -4.85. The highest BCUT2D eigenvalue weighted by Gasteiger charge is 2.41. The van der Waals surface area contributed by atoms with Crippen LogP contribution in [0.15, 0.2) is 24.3 Å². The lowest BCUT2D eigenvalue weighted by atomic mass is 10.1. The average molecular weight is 295 g/mol. The van der Waals surface area contributed by atoms with E-state index in [2.05, 4.69) is 0 Å². The van der Waals surface area contributed by atoms with Crippen LogP contribution in [-0.2, 0) is 0 Å². The zero-order chi connectivity index (χ0) is 15.9. The van der Waals surface area contributed by atoms with E-state index in [1.807, 2.05) is 32.0 Å². The zero-order valence-corrected chi connectivity index (χ0v) is 12.3. The second-order valence-electron chi connectivity index (χ2n) is 5.22. The molecular weight excluding hydrogens is 279 g/mol. The molecule has 21 heavy (non-hydrogen) atoms. The maximum atomic E-state index is 12.6. The van der Waals surface area contributed by atoms with Gasteiger partial charge in [0.15, 0.2) is 0 Å². The molecule has 0 amide bonds. The van der Waals surface area contributed by atoms with Gasteiger partial charge in [-0.1, -0.05) is 6.07 Å². The summed E-state index contributed by atoms with van der Waals surface area (Å²) in [4.78, 5) is 11.5. The van der Waals surface area contributed by atoms with Crippen molar-refractivity contribution < 1.29 is 18.0 Å². The van der Waals surface area contributed by atoms with E-state index in [4.69, 9.17) is 0 Å². The Bertz CT molecular complexity index is 711. The second kappa shape index (κ2) is 5.06. The molecule has 1 aromatic carbocycles. The van der Waals surface area contributed by atoms with Gasteiger partial charge in [-0.2, -0.15) is 13.2 Å². The van der Waals surface area contributed by atoms with Crippen LogP contribution >= 0.6 is 0 Å². The highest BCUT2D eigenvalue weighted by atomic mass is 19.4. The fourth-order valence-electron chi connectivity index (χ4n) is 2.41. The average Bonchev–Trinajstić information content (AvgIpc) is 2.66. The van der Waals surface area contributed by atoms with E-state index in [-0.39, 0.29) is 5.56 Å². The molecule has 2 aromatic rings. The van der Waals surface area contributed by atoms with Gasteiger partial charge in [-0.05, 0) is 57.0 Å². The summed E-state index contributed by atoms with van der Waals surface area (Å²) >= 11 is 0. The Kier molecular flexibility index (Phi) is 3.70. The van der Waals surface area contributed by atoms with Crippen LogP contribution in [0.25, 0.3) is 5.69 Å². The summed E-state index contributed by atoms with van der Waals surface area (Å²) in [6.45, 7) is 7.12. The summed E-state index contributed by atoms with van der Waals surface area (Å²) < 4.78 is 39.5. The highest BCUT2D eigenvalue weighted by Crippen LogP contribution is 2.28. The molecule has 0 N–H and O–H groups in total. The van der Waals surface area contributed by atoms with Crippen molar-refractivity contribution in [2.24, 2.45) is 0 Å². The number of alkyl halides is 3. The molecule has 0 atom stereocenters. The first-order valence-electron chi connectivity index (χ1n) is 6.51. The molecule has 0 aliphatic heterocycles. The summed E-state index contributed by atoms with van der Waals surface area (Å²) in [6, 6.07) is 6.94. The van der Waals surface area contributed by atoms with E-state index >= 15 is 0 Å². The number of hydrogen-bond acceptors (Lipinski definition) is 1. The molecule has 0 aliphatic rings. The first-order chi connectivity index (χ1) is 9.62. The number of aryl methyl sites for hydroxylation is 3. The van der Waals surface area contributed by atoms with Crippen molar-refractivity contribution in [1.82, 2.24) is 4.57 Å². The van der Waals surface area contributed by atoms with Crippen LogP contribution in [0.3, 0.4) is 0 Å². The summed E-state index contributed by atoms with van der Waals surface area (Å²) in [7, 11) is 0. The number of benzene rings is 1. The van der Waals surface area contributed by atoms with E-state index in [1.165, 1.54) is 13.0 Å². The van der Waals surface area contributed by atoms with Crippen LogP contribution in [0.1, 0.15) is 32.9 Å². The standard InChI is InChI=1S/C16H16F3NO/c1-9-5-6-13(7-10(9)2)20-11(3)8-14(12(20)4)15(21)16(17,18)19/h5-8H,1-4H3. The van der Waals surface area contributed by atoms with E-state index in [9.17, 15) is 18.0 Å². The van der Waals surface area contributed by atoms with Gasteiger partial charge in [-0.25, -0.2) is 0 Å². The van der Waals surface area contributed by atoms with Gasteiger partial charge < -0.3 is 4.57 Å². The number of hydrogen-bond donors (Lipinski definition) is 0. The van der Waals surface area contributed by atoms with Crippen LogP contribution in [-0.4, -0.2) is 16.5 Å². The smallest absolute Gasteiger partial charge is 0.318 e. The minimum absolute atomic E-state index is 0.293. The van der Waals surface area contributed by atoms with Gasteiger partial charge in [-0.3, -0.25) is 4.79 Å². The monoisotopic (exact) mass is 295 g/mol. The second-order valence-corrected chi connectivity index (χ2v) is 5.22. The Balaban J connectivity index is 2.59. The Morgan fingerprint density at radius 2 is 1.62 bits per heavy atom. The van der Waals surface area contributed by atoms with E-state index < -0.39 is 12.0 Å². The molecular formula is C16H16F3NO. The Labute approximate surface area is 121 Å². The van der Waals surface area contributed by atoms with E-state index in [0.29, 0.717) is 11.4 Å². The number of rotatable bonds is 2. The predicted molar refractivity (Wildman–Crippen MR) is 75.1 cm³/mol. The Morgan fingerprint density at radius 3 is 2.14 bits per heavy atom. The molecule has 2 nitrogen and oxygen atoms in total. The quantitative estimate of drug-likeness (QED) is 0.750. The summed E-state index contributed by atoms with van der Waals surface area (Å²) in [5, 5.41) is 0. The van der Waals surface area contributed by atoms with Crippen molar-refractivity contribution in [3.05, 3.63) is 52.3 Å². The molecule has 0 spiro atoms. The first kappa shape index (κ1) is 15.4. The van der Waals surface area contributed by atoms with Crippen molar-refractivity contribution in [2.75, 3.05) is 0 Å².